The number of halogens is 2. The van der Waals surface area contributed by atoms with Crippen LogP contribution in [-0.4, -0.2) is 55.9 Å². The maximum absolute atomic E-state index is 15.0. The van der Waals surface area contributed by atoms with Crippen LogP contribution in [0.5, 0.6) is 0 Å². The minimum absolute atomic E-state index is 0.0221. The van der Waals surface area contributed by atoms with Crippen molar-refractivity contribution in [1.82, 2.24) is 4.90 Å². The summed E-state index contributed by atoms with van der Waals surface area (Å²) in [6.45, 7) is 4.47. The summed E-state index contributed by atoms with van der Waals surface area (Å²) in [6, 6.07) is 10.5. The van der Waals surface area contributed by atoms with E-state index >= 15 is 0 Å². The number of benzodiazepines with no additional fused rings is 1. The third-order valence-corrected chi connectivity index (χ3v) is 5.83. The van der Waals surface area contributed by atoms with Crippen molar-refractivity contribution in [3.63, 3.8) is 0 Å². The van der Waals surface area contributed by atoms with Gasteiger partial charge in [-0.25, -0.2) is 4.39 Å². The lowest BCUT2D eigenvalue weighted by Gasteiger charge is -2.26. The maximum atomic E-state index is 15.0. The number of carbonyl (C=O) groups excluding carboxylic acids is 1. The van der Waals surface area contributed by atoms with E-state index in [2.05, 4.69) is 15.2 Å². The molecule has 1 N–H and O–H groups in total. The molecule has 1 saturated heterocycles. The second kappa shape index (κ2) is 9.69. The standard InChI is InChI=1S/C23H25ClFN3O2/c24-19-7-2-1-6-17(19)23-18-14-20(25)16(13-21(18)27-22(29)15-26-23)5-3-4-8-28-9-11-30-12-10-28/h1-2,6-7,13-14H,3-5,8-12,15H2,(H,27,29). The third-order valence-electron chi connectivity index (χ3n) is 5.50. The monoisotopic (exact) mass is 429 g/mol. The summed E-state index contributed by atoms with van der Waals surface area (Å²) in [5.41, 5.74) is 2.97. The highest BCUT2D eigenvalue weighted by molar-refractivity contribution is 6.36. The van der Waals surface area contributed by atoms with E-state index in [4.69, 9.17) is 16.3 Å². The van der Waals surface area contributed by atoms with Crippen molar-refractivity contribution in [3.05, 3.63) is 63.9 Å². The first-order valence-corrected chi connectivity index (χ1v) is 10.7. The minimum Gasteiger partial charge on any atom is -0.379 e. The number of carbonyl (C=O) groups is 1. The number of aliphatic imine (C=N–C) groups is 1. The number of nitrogens with one attached hydrogen (secondary N) is 1. The zero-order chi connectivity index (χ0) is 20.9. The number of hydrogen-bond donors (Lipinski definition) is 1. The fourth-order valence-electron chi connectivity index (χ4n) is 3.89. The zero-order valence-corrected chi connectivity index (χ0v) is 17.6. The number of hydrogen-bond acceptors (Lipinski definition) is 4. The molecule has 2 aromatic rings. The smallest absolute Gasteiger partial charge is 0.246 e. The Balaban J connectivity index is 1.52. The van der Waals surface area contributed by atoms with Gasteiger partial charge in [0.15, 0.2) is 0 Å². The molecular formula is C23H25ClFN3O2. The van der Waals surface area contributed by atoms with E-state index in [1.165, 1.54) is 6.07 Å². The van der Waals surface area contributed by atoms with Crippen LogP contribution in [0, 0.1) is 5.82 Å². The zero-order valence-electron chi connectivity index (χ0n) is 16.8. The molecule has 4 rings (SSSR count). The van der Waals surface area contributed by atoms with Gasteiger partial charge in [-0.05, 0) is 49.6 Å². The van der Waals surface area contributed by atoms with Crippen molar-refractivity contribution in [3.8, 4) is 0 Å². The molecule has 0 radical (unpaired) electrons. The van der Waals surface area contributed by atoms with Crippen LogP contribution < -0.4 is 5.32 Å². The van der Waals surface area contributed by atoms with Crippen molar-refractivity contribution in [2.45, 2.75) is 19.3 Å². The predicted octanol–water partition coefficient (Wildman–Crippen LogP) is 3.92. The van der Waals surface area contributed by atoms with Gasteiger partial charge >= 0.3 is 0 Å². The molecule has 2 aromatic carbocycles. The number of nitrogens with zero attached hydrogens (tertiary/aromatic N) is 2. The van der Waals surface area contributed by atoms with E-state index in [1.54, 1.807) is 12.1 Å². The molecule has 0 bridgehead atoms. The summed E-state index contributed by atoms with van der Waals surface area (Å²) in [5.74, 6) is -0.501. The van der Waals surface area contributed by atoms with Gasteiger partial charge < -0.3 is 10.1 Å². The highest BCUT2D eigenvalue weighted by atomic mass is 35.5. The van der Waals surface area contributed by atoms with Crippen LogP contribution in [0.15, 0.2) is 41.4 Å². The van der Waals surface area contributed by atoms with Crippen molar-refractivity contribution >= 4 is 28.9 Å². The van der Waals surface area contributed by atoms with Crippen LogP contribution in [0.4, 0.5) is 10.1 Å². The number of amides is 1. The fraction of sp³-hybridized carbons (Fsp3) is 0.391. The number of unbranched alkanes of at least 4 members (excludes halogenated alkanes) is 1. The average molecular weight is 430 g/mol. The van der Waals surface area contributed by atoms with Crippen molar-refractivity contribution in [1.29, 1.82) is 0 Å². The van der Waals surface area contributed by atoms with E-state index in [-0.39, 0.29) is 18.3 Å². The van der Waals surface area contributed by atoms with Crippen molar-refractivity contribution < 1.29 is 13.9 Å². The van der Waals surface area contributed by atoms with Crippen LogP contribution in [0.1, 0.15) is 29.5 Å². The van der Waals surface area contributed by atoms with E-state index < -0.39 is 0 Å². The van der Waals surface area contributed by atoms with Gasteiger partial charge in [0.25, 0.3) is 0 Å². The van der Waals surface area contributed by atoms with Gasteiger partial charge in [-0.3, -0.25) is 14.7 Å². The first-order valence-electron chi connectivity index (χ1n) is 10.3. The normalized spacial score (nSPS) is 17.1. The topological polar surface area (TPSA) is 53.9 Å². The van der Waals surface area contributed by atoms with Crippen LogP contribution in [0.2, 0.25) is 5.02 Å². The van der Waals surface area contributed by atoms with Gasteiger partial charge in [0.2, 0.25) is 5.91 Å². The Labute approximate surface area is 180 Å². The molecule has 0 aliphatic carbocycles. The van der Waals surface area contributed by atoms with Crippen molar-refractivity contribution in [2.75, 3.05) is 44.7 Å². The predicted molar refractivity (Wildman–Crippen MR) is 117 cm³/mol. The lowest BCUT2D eigenvalue weighted by atomic mass is 9.97. The molecule has 1 fully saturated rings. The molecule has 0 unspecified atom stereocenters. The SMILES string of the molecule is O=C1CN=C(c2ccccc2Cl)c2cc(F)c(CCCCN3CCOCC3)cc2N1. The number of aryl methyl sites for hydroxylation is 1. The molecule has 0 atom stereocenters. The third kappa shape index (κ3) is 4.89. The quantitative estimate of drug-likeness (QED) is 0.708. The summed E-state index contributed by atoms with van der Waals surface area (Å²) < 4.78 is 20.3. The van der Waals surface area contributed by atoms with E-state index in [1.807, 2.05) is 18.2 Å². The molecule has 0 spiro atoms. The summed E-state index contributed by atoms with van der Waals surface area (Å²) in [4.78, 5) is 19.0. The number of anilines is 1. The van der Waals surface area contributed by atoms with Gasteiger partial charge in [0.1, 0.15) is 12.4 Å². The number of benzene rings is 2. The number of fused-ring (bicyclic) bond motifs is 1. The van der Waals surface area contributed by atoms with E-state index in [0.717, 1.165) is 45.7 Å². The molecule has 5 nitrogen and oxygen atoms in total. The first-order chi connectivity index (χ1) is 14.6. The Kier molecular flexibility index (Phi) is 6.77. The molecule has 2 aliphatic rings. The summed E-state index contributed by atoms with van der Waals surface area (Å²) in [5, 5.41) is 3.38. The van der Waals surface area contributed by atoms with Crippen LogP contribution in [0.25, 0.3) is 0 Å². The van der Waals surface area contributed by atoms with Crippen LogP contribution in [-0.2, 0) is 16.0 Å². The summed E-state index contributed by atoms with van der Waals surface area (Å²) in [6.07, 6.45) is 2.50. The second-order valence-corrected chi connectivity index (χ2v) is 8.00. The molecule has 30 heavy (non-hydrogen) atoms. The van der Waals surface area contributed by atoms with E-state index in [9.17, 15) is 9.18 Å². The first kappa shape index (κ1) is 21.0. The lowest BCUT2D eigenvalue weighted by Crippen LogP contribution is -2.36. The highest BCUT2D eigenvalue weighted by Crippen LogP contribution is 2.29. The highest BCUT2D eigenvalue weighted by Gasteiger charge is 2.22. The summed E-state index contributed by atoms with van der Waals surface area (Å²) >= 11 is 6.34. The Morgan fingerprint density at radius 1 is 1.13 bits per heavy atom. The molecule has 0 saturated carbocycles. The minimum atomic E-state index is -0.281. The Bertz CT molecular complexity index is 957. The average Bonchev–Trinajstić information content (AvgIpc) is 2.90. The molecule has 7 heteroatoms. The maximum Gasteiger partial charge on any atom is 0.246 e. The molecule has 1 amide bonds. The Morgan fingerprint density at radius 2 is 1.93 bits per heavy atom. The van der Waals surface area contributed by atoms with Gasteiger partial charge in [-0.1, -0.05) is 29.8 Å². The Morgan fingerprint density at radius 3 is 2.73 bits per heavy atom. The lowest BCUT2D eigenvalue weighted by molar-refractivity contribution is -0.114. The fourth-order valence-corrected chi connectivity index (χ4v) is 4.12. The van der Waals surface area contributed by atoms with Gasteiger partial charge in [-0.15, -0.1) is 0 Å². The second-order valence-electron chi connectivity index (χ2n) is 7.59. The molecule has 2 heterocycles. The van der Waals surface area contributed by atoms with Gasteiger partial charge in [-0.2, -0.15) is 0 Å². The number of ether oxygens (including phenoxy) is 1. The molecule has 2 aliphatic heterocycles. The van der Waals surface area contributed by atoms with Gasteiger partial charge in [0, 0.05) is 29.2 Å². The molecule has 158 valence electrons. The van der Waals surface area contributed by atoms with Gasteiger partial charge in [0.05, 0.1) is 24.6 Å². The number of rotatable bonds is 6. The Hall–Kier alpha value is -2.28. The molecular weight excluding hydrogens is 405 g/mol. The van der Waals surface area contributed by atoms with Crippen LogP contribution in [0.3, 0.4) is 0 Å². The largest absolute Gasteiger partial charge is 0.379 e. The summed E-state index contributed by atoms with van der Waals surface area (Å²) in [7, 11) is 0. The van der Waals surface area contributed by atoms with Crippen molar-refractivity contribution in [2.24, 2.45) is 4.99 Å². The van der Waals surface area contributed by atoms with E-state index in [0.29, 0.717) is 39.5 Å². The van der Waals surface area contributed by atoms with Crippen LogP contribution >= 0.6 is 11.6 Å². The molecule has 0 aromatic heterocycles. The number of morpholine rings is 1.